The average Bonchev–Trinajstić information content (AvgIpc) is 3.02. The number of thiophene rings is 1. The van der Waals surface area contributed by atoms with Crippen molar-refractivity contribution < 1.29 is 9.39 Å². The van der Waals surface area contributed by atoms with Crippen LogP contribution in [0.2, 0.25) is 0 Å². The molecule has 3 atom stereocenters. The quantitative estimate of drug-likeness (QED) is 0.493. The third-order valence-corrected chi connectivity index (χ3v) is 5.35. The van der Waals surface area contributed by atoms with Gasteiger partial charge in [-0.3, -0.25) is 0 Å². The lowest BCUT2D eigenvalue weighted by Crippen LogP contribution is -2.13. The summed E-state index contributed by atoms with van der Waals surface area (Å²) in [6.07, 6.45) is 4.76. The second kappa shape index (κ2) is 6.01. The van der Waals surface area contributed by atoms with Gasteiger partial charge >= 0.3 is 0 Å². The van der Waals surface area contributed by atoms with Gasteiger partial charge in [0.05, 0.1) is 29.2 Å². The number of rotatable bonds is 4. The molecular weight excluding hydrogens is 291 g/mol. The fourth-order valence-electron chi connectivity index (χ4n) is 2.69. The molecule has 0 bridgehead atoms. The van der Waals surface area contributed by atoms with Gasteiger partial charge in [-0.05, 0) is 18.6 Å². The van der Waals surface area contributed by atoms with E-state index in [4.69, 9.17) is 17.4 Å². The summed E-state index contributed by atoms with van der Waals surface area (Å²) >= 11 is 3.34. The molecule has 104 valence electrons. The number of ether oxygens (including phenoxy) is 1. The van der Waals surface area contributed by atoms with Crippen LogP contribution in [0.1, 0.15) is 24.3 Å². The summed E-state index contributed by atoms with van der Waals surface area (Å²) in [7, 11) is 5.15. The van der Waals surface area contributed by atoms with E-state index in [1.165, 1.54) is 4.88 Å². The van der Waals surface area contributed by atoms with Gasteiger partial charge in [-0.25, -0.2) is 9.97 Å². The van der Waals surface area contributed by atoms with Gasteiger partial charge in [0, 0.05) is 10.8 Å². The summed E-state index contributed by atoms with van der Waals surface area (Å²) in [5.74, 6) is 0.435. The molecule has 1 fully saturated rings. The molecule has 4 nitrogen and oxygen atoms in total. The lowest BCUT2D eigenvalue weighted by Gasteiger charge is -2.14. The Morgan fingerprint density at radius 1 is 1.55 bits per heavy atom. The van der Waals surface area contributed by atoms with E-state index in [9.17, 15) is 0 Å². The molecule has 0 amide bonds. The van der Waals surface area contributed by atoms with Gasteiger partial charge in [-0.1, -0.05) is 6.92 Å². The van der Waals surface area contributed by atoms with Crippen molar-refractivity contribution >= 4 is 42.1 Å². The van der Waals surface area contributed by atoms with Gasteiger partial charge in [-0.2, -0.15) is 0 Å². The molecule has 0 aliphatic carbocycles. The Labute approximate surface area is 127 Å². The van der Waals surface area contributed by atoms with E-state index >= 15 is 0 Å². The minimum Gasteiger partial charge on any atom is -0.445 e. The average molecular weight is 306 g/mol. The Morgan fingerprint density at radius 2 is 2.40 bits per heavy atom. The molecule has 1 aliphatic rings. The first kappa shape index (κ1) is 14.3. The summed E-state index contributed by atoms with van der Waals surface area (Å²) in [6, 6.07) is 0. The van der Waals surface area contributed by atoms with E-state index in [1.807, 2.05) is 6.26 Å². The highest BCUT2D eigenvalue weighted by atomic mass is 32.2. The van der Waals surface area contributed by atoms with Crippen LogP contribution in [0.3, 0.4) is 0 Å². The van der Waals surface area contributed by atoms with Crippen LogP contribution in [0.25, 0.3) is 10.9 Å². The highest BCUT2D eigenvalue weighted by Gasteiger charge is 2.35. The Bertz CT molecular complexity index is 607. The zero-order valence-electron chi connectivity index (χ0n) is 11.4. The third kappa shape index (κ3) is 2.48. The number of thioether (sulfide) groups is 1. The molecule has 3 heterocycles. The van der Waals surface area contributed by atoms with E-state index < -0.39 is 0 Å². The first-order valence-corrected chi connectivity index (χ1v) is 8.58. The fraction of sp³-hybridized carbons (Fsp3) is 0.538. The van der Waals surface area contributed by atoms with E-state index in [0.717, 1.165) is 22.3 Å². The van der Waals surface area contributed by atoms with E-state index in [-0.39, 0.29) is 12.2 Å². The SMILES string of the molecule is [B]OCC1CC(C)C(c2scc3c(SC)ncnc23)O1. The molecule has 20 heavy (non-hydrogen) atoms. The predicted molar refractivity (Wildman–Crippen MR) is 82.3 cm³/mol. The molecular formula is C13H15BN2O2S2. The largest absolute Gasteiger partial charge is 0.445 e. The highest BCUT2D eigenvalue weighted by molar-refractivity contribution is 7.98. The van der Waals surface area contributed by atoms with Crippen LogP contribution >= 0.6 is 23.1 Å². The van der Waals surface area contributed by atoms with Gasteiger partial charge in [0.1, 0.15) is 11.4 Å². The summed E-state index contributed by atoms with van der Waals surface area (Å²) < 4.78 is 10.8. The second-order valence-electron chi connectivity index (χ2n) is 4.97. The minimum absolute atomic E-state index is 0.0685. The Balaban J connectivity index is 1.95. The molecule has 3 rings (SSSR count). The van der Waals surface area contributed by atoms with Crippen molar-refractivity contribution in [3.05, 3.63) is 16.6 Å². The summed E-state index contributed by atoms with van der Waals surface area (Å²) in [4.78, 5) is 9.94. The first-order chi connectivity index (χ1) is 9.74. The van der Waals surface area contributed by atoms with Crippen LogP contribution in [0.15, 0.2) is 16.7 Å². The van der Waals surface area contributed by atoms with E-state index in [1.54, 1.807) is 29.4 Å². The molecule has 0 spiro atoms. The lowest BCUT2D eigenvalue weighted by molar-refractivity contribution is 0.0148. The molecule has 0 saturated carbocycles. The molecule has 7 heteroatoms. The molecule has 1 saturated heterocycles. The first-order valence-electron chi connectivity index (χ1n) is 6.47. The van der Waals surface area contributed by atoms with Crippen LogP contribution < -0.4 is 0 Å². The maximum absolute atomic E-state index is 6.08. The Morgan fingerprint density at radius 3 is 3.15 bits per heavy atom. The monoisotopic (exact) mass is 306 g/mol. The molecule has 1 aliphatic heterocycles. The van der Waals surface area contributed by atoms with Gasteiger partial charge in [0.25, 0.3) is 8.05 Å². The summed E-state index contributed by atoms with van der Waals surface area (Å²) in [5.41, 5.74) is 1.01. The van der Waals surface area contributed by atoms with Gasteiger partial charge < -0.3 is 9.39 Å². The van der Waals surface area contributed by atoms with Crippen molar-refractivity contribution in [1.82, 2.24) is 9.97 Å². The zero-order valence-corrected chi connectivity index (χ0v) is 13.0. The van der Waals surface area contributed by atoms with Crippen molar-refractivity contribution in [3.8, 4) is 0 Å². The maximum atomic E-state index is 6.08. The number of hydrogen-bond donors (Lipinski definition) is 0. The summed E-state index contributed by atoms with van der Waals surface area (Å²) in [5, 5.41) is 4.26. The number of aromatic nitrogens is 2. The van der Waals surface area contributed by atoms with Crippen LogP contribution in [-0.4, -0.2) is 37.0 Å². The Kier molecular flexibility index (Phi) is 4.30. The van der Waals surface area contributed by atoms with Crippen molar-refractivity contribution in [2.24, 2.45) is 5.92 Å². The van der Waals surface area contributed by atoms with Crippen LogP contribution in [0.5, 0.6) is 0 Å². The lowest BCUT2D eigenvalue weighted by atomic mass is 10.0. The predicted octanol–water partition coefficient (Wildman–Crippen LogP) is 2.98. The molecule has 0 N–H and O–H groups in total. The van der Waals surface area contributed by atoms with Gasteiger partial charge in [0.2, 0.25) is 0 Å². The number of nitrogens with zero attached hydrogens (tertiary/aromatic N) is 2. The van der Waals surface area contributed by atoms with Crippen molar-refractivity contribution in [2.45, 2.75) is 30.6 Å². The third-order valence-electron chi connectivity index (χ3n) is 3.61. The Hall–Kier alpha value is -0.625. The normalized spacial score (nSPS) is 26.4. The molecule has 2 aromatic heterocycles. The zero-order chi connectivity index (χ0) is 14.1. The number of hydrogen-bond acceptors (Lipinski definition) is 6. The van der Waals surface area contributed by atoms with Crippen molar-refractivity contribution in [2.75, 3.05) is 12.9 Å². The second-order valence-corrected chi connectivity index (χ2v) is 6.68. The maximum Gasteiger partial charge on any atom is 0.282 e. The van der Waals surface area contributed by atoms with Crippen molar-refractivity contribution in [1.29, 1.82) is 0 Å². The van der Waals surface area contributed by atoms with Crippen LogP contribution in [-0.2, 0) is 9.39 Å². The molecule has 0 aromatic carbocycles. The van der Waals surface area contributed by atoms with Gasteiger partial charge in [0.15, 0.2) is 0 Å². The van der Waals surface area contributed by atoms with Crippen LogP contribution in [0.4, 0.5) is 0 Å². The van der Waals surface area contributed by atoms with E-state index in [0.29, 0.717) is 12.5 Å². The van der Waals surface area contributed by atoms with Crippen LogP contribution in [0, 0.1) is 5.92 Å². The number of fused-ring (bicyclic) bond motifs is 1. The molecule has 2 aromatic rings. The minimum atomic E-state index is 0.0685. The molecule has 3 unspecified atom stereocenters. The van der Waals surface area contributed by atoms with Crippen molar-refractivity contribution in [3.63, 3.8) is 0 Å². The van der Waals surface area contributed by atoms with Gasteiger partial charge in [-0.15, -0.1) is 23.1 Å². The molecule has 2 radical (unpaired) electrons. The standard InChI is InChI=1S/C13H15BN2O2S2/c1-7-3-8(4-17-14)18-11(7)12-10-9(5-20-12)13(19-2)16-6-15-10/h5-8,11H,3-4H2,1-2H3. The highest BCUT2D eigenvalue weighted by Crippen LogP contribution is 2.43. The fourth-order valence-corrected chi connectivity index (χ4v) is 4.46. The summed E-state index contributed by atoms with van der Waals surface area (Å²) in [6.45, 7) is 2.64. The van der Waals surface area contributed by atoms with E-state index in [2.05, 4.69) is 22.3 Å². The smallest absolute Gasteiger partial charge is 0.282 e. The topological polar surface area (TPSA) is 44.2 Å².